The first-order chi connectivity index (χ1) is 4.15. The van der Waals surface area contributed by atoms with Crippen LogP contribution in [0.5, 0.6) is 0 Å². The van der Waals surface area contributed by atoms with Crippen molar-refractivity contribution >= 4 is 33.6 Å². The average Bonchev–Trinajstić information content (AvgIpc) is 1.59. The van der Waals surface area contributed by atoms with Crippen LogP contribution in [0.25, 0.3) is 0 Å². The van der Waals surface area contributed by atoms with Crippen molar-refractivity contribution in [3.63, 3.8) is 0 Å². The Morgan fingerprint density at radius 1 is 1.00 bits per heavy atom. The van der Waals surface area contributed by atoms with Gasteiger partial charge in [-0.2, -0.15) is 16.8 Å². The molecule has 0 aromatic carbocycles. The predicted molar refractivity (Wildman–Crippen MR) is 30.9 cm³/mol. The van der Waals surface area contributed by atoms with Gasteiger partial charge < -0.3 is 0 Å². The Balaban J connectivity index is 4.94. The van der Waals surface area contributed by atoms with Crippen molar-refractivity contribution in [3.05, 3.63) is 0 Å². The molecule has 0 saturated heterocycles. The van der Waals surface area contributed by atoms with E-state index < -0.39 is 23.9 Å². The maximum absolute atomic E-state index is 11.5. The summed E-state index contributed by atoms with van der Waals surface area (Å²) in [6.45, 7) is 0. The van der Waals surface area contributed by atoms with Crippen molar-refractivity contribution in [2.75, 3.05) is 0 Å². The second-order valence-electron chi connectivity index (χ2n) is 1.06. The van der Waals surface area contributed by atoms with E-state index in [0.29, 0.717) is 0 Å². The highest BCUT2D eigenvalue weighted by atomic mass is 32.3. The van der Waals surface area contributed by atoms with Crippen LogP contribution in [0.2, 0.25) is 0 Å². The Labute approximate surface area is 61.9 Å². The van der Waals surface area contributed by atoms with Gasteiger partial charge in [0.15, 0.2) is 0 Å². The molecule has 0 rings (SSSR count). The number of hydrogen-bond acceptors (Lipinski definition) is 5. The summed E-state index contributed by atoms with van der Waals surface area (Å²) in [6, 6.07) is 0. The Kier molecular flexibility index (Phi) is 2.62. The van der Waals surface area contributed by atoms with E-state index in [1.54, 1.807) is 0 Å². The van der Waals surface area contributed by atoms with E-state index in [1.165, 1.54) is 0 Å². The lowest BCUT2D eigenvalue weighted by molar-refractivity contribution is 0.502. The highest BCUT2D eigenvalue weighted by Gasteiger charge is 2.30. The van der Waals surface area contributed by atoms with Crippen LogP contribution in [0.4, 0.5) is 7.77 Å². The van der Waals surface area contributed by atoms with Crippen molar-refractivity contribution in [1.29, 1.82) is 0 Å². The second-order valence-corrected chi connectivity index (χ2v) is 4.61. The van der Waals surface area contributed by atoms with E-state index in [9.17, 15) is 24.6 Å². The first-order valence-electron chi connectivity index (χ1n) is 1.54. The highest BCUT2D eigenvalue weighted by molar-refractivity contribution is 8.11. The molecule has 0 aliphatic heterocycles. The van der Waals surface area contributed by atoms with Gasteiger partial charge in [-0.1, -0.05) is 20.6 Å². The maximum atomic E-state index is 11.5. The fraction of sp³-hybridized carbons (Fsp3) is 0. The zero-order chi connectivity index (χ0) is 8.58. The van der Waals surface area contributed by atoms with Gasteiger partial charge in [0.05, 0.1) is 0 Å². The lowest BCUT2D eigenvalue weighted by Crippen LogP contribution is -2.21. The lowest BCUT2D eigenvalue weighted by atomic mass is 13.8. The van der Waals surface area contributed by atoms with Crippen LogP contribution in [-0.2, 0) is 20.8 Å². The van der Waals surface area contributed by atoms with Crippen LogP contribution in [0.3, 0.4) is 0 Å². The van der Waals surface area contributed by atoms with Crippen LogP contribution in [0.1, 0.15) is 0 Å². The van der Waals surface area contributed by atoms with Crippen LogP contribution >= 0.6 is 12.8 Å². The third kappa shape index (κ3) is 2.77. The molecule has 0 unspecified atom stereocenters. The van der Waals surface area contributed by atoms with Crippen molar-refractivity contribution < 1.29 is 24.6 Å². The Morgan fingerprint density at radius 3 is 1.20 bits per heavy atom. The normalized spacial score (nSPS) is 14.0. The summed E-state index contributed by atoms with van der Waals surface area (Å²) in [5.74, 6) is 0. The second kappa shape index (κ2) is 2.60. The van der Waals surface area contributed by atoms with Crippen LogP contribution in [0, 0.1) is 0 Å². The predicted octanol–water partition coefficient (Wildman–Crippen LogP) is -0.438. The van der Waals surface area contributed by atoms with Crippen molar-refractivity contribution in [2.24, 2.45) is 0 Å². The van der Waals surface area contributed by atoms with Crippen LogP contribution < -0.4 is 0 Å². The molecule has 0 aromatic heterocycles. The molecule has 0 aliphatic rings. The molecule has 0 bridgehead atoms. The van der Waals surface area contributed by atoms with E-state index >= 15 is 0 Å². The Bertz CT molecular complexity index is 267. The molecule has 10 heavy (non-hydrogen) atoms. The third-order valence-electron chi connectivity index (χ3n) is 0.373. The zero-order valence-electron chi connectivity index (χ0n) is 4.10. The molecule has 0 N–H and O–H groups in total. The van der Waals surface area contributed by atoms with Gasteiger partial charge in [0, 0.05) is 3.12 Å². The van der Waals surface area contributed by atoms with Gasteiger partial charge in [-0.25, -0.2) is 0 Å². The van der Waals surface area contributed by atoms with E-state index in [1.807, 2.05) is 0 Å². The molecule has 5 nitrogen and oxygen atoms in total. The molecule has 0 heterocycles. The molecule has 0 radical (unpaired) electrons. The van der Waals surface area contributed by atoms with Crippen molar-refractivity contribution in [3.8, 4) is 0 Å². The summed E-state index contributed by atoms with van der Waals surface area (Å²) in [4.78, 5) is 0. The van der Waals surface area contributed by atoms with E-state index in [0.717, 1.165) is 0 Å². The number of thiol groups is 1. The summed E-state index contributed by atoms with van der Waals surface area (Å²) in [5.41, 5.74) is 0. The van der Waals surface area contributed by atoms with Gasteiger partial charge in [-0.3, -0.25) is 0 Å². The monoisotopic (exact) mass is 213 g/mol. The fourth-order valence-corrected chi connectivity index (χ4v) is 0.957. The van der Waals surface area contributed by atoms with E-state index in [4.69, 9.17) is 0 Å². The number of hydrogen-bond donors (Lipinski definition) is 1. The average molecular weight is 213 g/mol. The molecule has 10 heteroatoms. The van der Waals surface area contributed by atoms with Gasteiger partial charge in [0.2, 0.25) is 0 Å². The first-order valence-corrected chi connectivity index (χ1v) is 4.62. The number of halogens is 2. The van der Waals surface area contributed by atoms with Crippen molar-refractivity contribution in [2.45, 2.75) is 0 Å². The lowest BCUT2D eigenvalue weighted by Gasteiger charge is -2.00. The van der Waals surface area contributed by atoms with Crippen LogP contribution in [0.15, 0.2) is 0 Å². The summed E-state index contributed by atoms with van der Waals surface area (Å²) in [6.07, 6.45) is 0. The molecular weight excluding hydrogens is 212 g/mol. The minimum absolute atomic E-state index is 1.32. The smallest absolute Gasteiger partial charge is 0.175 e. The minimum atomic E-state index is -5.63. The van der Waals surface area contributed by atoms with Crippen LogP contribution in [-0.4, -0.2) is 20.0 Å². The molecular formula is HF2NO4S3. The Hall–Kier alpha value is 0.0700. The van der Waals surface area contributed by atoms with Crippen molar-refractivity contribution in [1.82, 2.24) is 3.12 Å². The standard InChI is InChI=1S/F2HNO4S3/c1-9(4,5)3(8)10(2,6)7/h8H. The topological polar surface area (TPSA) is 71.5 Å². The van der Waals surface area contributed by atoms with E-state index in [-0.39, 0.29) is 0 Å². The van der Waals surface area contributed by atoms with E-state index in [2.05, 4.69) is 12.8 Å². The third-order valence-corrected chi connectivity index (χ3v) is 3.36. The van der Waals surface area contributed by atoms with Gasteiger partial charge >= 0.3 is 20.8 Å². The quantitative estimate of drug-likeness (QED) is 0.498. The molecule has 0 fully saturated rings. The molecule has 0 amide bonds. The summed E-state index contributed by atoms with van der Waals surface area (Å²) in [5, 5.41) is 0. The SMILES string of the molecule is O=S(=O)(F)N(S)S(=O)(=O)F. The largest absolute Gasteiger partial charge is 0.399 e. The molecule has 0 aliphatic carbocycles. The summed E-state index contributed by atoms with van der Waals surface area (Å²) >= 11 is 2.50. The van der Waals surface area contributed by atoms with Gasteiger partial charge in [-0.05, 0) is 0 Å². The maximum Gasteiger partial charge on any atom is 0.399 e. The molecule has 0 atom stereocenters. The Morgan fingerprint density at radius 2 is 1.20 bits per heavy atom. The zero-order valence-corrected chi connectivity index (χ0v) is 6.63. The van der Waals surface area contributed by atoms with Gasteiger partial charge in [0.25, 0.3) is 0 Å². The van der Waals surface area contributed by atoms with Gasteiger partial charge in [-0.15, -0.1) is 0 Å². The minimum Gasteiger partial charge on any atom is -0.175 e. The molecule has 0 aromatic rings. The highest BCUT2D eigenvalue weighted by Crippen LogP contribution is 2.13. The number of rotatable bonds is 2. The fourth-order valence-electron chi connectivity index (χ4n) is 0.106. The summed E-state index contributed by atoms with van der Waals surface area (Å²) < 4.78 is 59.8. The molecule has 62 valence electrons. The number of nitrogens with zero attached hydrogens (tertiary/aromatic N) is 1. The summed E-state index contributed by atoms with van der Waals surface area (Å²) in [7, 11) is -11.3. The first kappa shape index (κ1) is 10.1. The molecule has 0 spiro atoms. The molecule has 0 saturated carbocycles. The van der Waals surface area contributed by atoms with Gasteiger partial charge in [0.1, 0.15) is 0 Å².